The van der Waals surface area contributed by atoms with Gasteiger partial charge in [0.05, 0.1) is 0 Å². The molecule has 1 aromatic rings. The summed E-state index contributed by atoms with van der Waals surface area (Å²) in [5.41, 5.74) is 2.95. The van der Waals surface area contributed by atoms with E-state index < -0.39 is 0 Å². The molecule has 100 valence electrons. The van der Waals surface area contributed by atoms with E-state index in [1.165, 1.54) is 36.8 Å². The zero-order chi connectivity index (χ0) is 13.0. The standard InChI is InChI=1S/C17H27N/c1-13(2)4-5-14(3)18-12-15-6-8-16(9-7-15)17-10-11-17/h6-9,13-14,17-18H,4-5,10-12H2,1-3H3. The summed E-state index contributed by atoms with van der Waals surface area (Å²) in [5.74, 6) is 1.68. The maximum Gasteiger partial charge on any atom is 0.0207 e. The van der Waals surface area contributed by atoms with Crippen molar-refractivity contribution in [1.29, 1.82) is 0 Å². The SMILES string of the molecule is CC(C)CCC(C)NCc1ccc(C2CC2)cc1. The molecule has 1 atom stereocenters. The van der Waals surface area contributed by atoms with Gasteiger partial charge in [-0.05, 0) is 55.6 Å². The van der Waals surface area contributed by atoms with E-state index in [9.17, 15) is 0 Å². The maximum absolute atomic E-state index is 3.62. The fourth-order valence-electron chi connectivity index (χ4n) is 2.30. The lowest BCUT2D eigenvalue weighted by Crippen LogP contribution is -2.25. The van der Waals surface area contributed by atoms with Crippen molar-refractivity contribution in [2.45, 2.75) is 65.0 Å². The van der Waals surface area contributed by atoms with E-state index in [0.29, 0.717) is 6.04 Å². The fraction of sp³-hybridized carbons (Fsp3) is 0.647. The highest BCUT2D eigenvalue weighted by atomic mass is 14.9. The lowest BCUT2D eigenvalue weighted by Gasteiger charge is -2.15. The summed E-state index contributed by atoms with van der Waals surface area (Å²) in [6.45, 7) is 7.89. The van der Waals surface area contributed by atoms with Gasteiger partial charge in [0, 0.05) is 12.6 Å². The Hall–Kier alpha value is -0.820. The molecule has 18 heavy (non-hydrogen) atoms. The molecule has 1 heteroatoms. The zero-order valence-corrected chi connectivity index (χ0v) is 12.1. The number of benzene rings is 1. The van der Waals surface area contributed by atoms with Crippen molar-refractivity contribution in [2.75, 3.05) is 0 Å². The number of rotatable bonds is 7. The van der Waals surface area contributed by atoms with E-state index >= 15 is 0 Å². The van der Waals surface area contributed by atoms with Crippen LogP contribution in [0.1, 0.15) is 63.5 Å². The first-order valence-corrected chi connectivity index (χ1v) is 7.47. The van der Waals surface area contributed by atoms with E-state index in [4.69, 9.17) is 0 Å². The molecule has 1 fully saturated rings. The van der Waals surface area contributed by atoms with Gasteiger partial charge in [-0.3, -0.25) is 0 Å². The zero-order valence-electron chi connectivity index (χ0n) is 12.1. The van der Waals surface area contributed by atoms with Gasteiger partial charge in [0.1, 0.15) is 0 Å². The number of hydrogen-bond acceptors (Lipinski definition) is 1. The first kappa shape index (κ1) is 13.6. The van der Waals surface area contributed by atoms with Gasteiger partial charge in [0.25, 0.3) is 0 Å². The molecule has 0 heterocycles. The molecule has 1 N–H and O–H groups in total. The molecule has 0 aliphatic heterocycles. The summed E-state index contributed by atoms with van der Waals surface area (Å²) >= 11 is 0. The lowest BCUT2D eigenvalue weighted by molar-refractivity contribution is 0.451. The van der Waals surface area contributed by atoms with Crippen LogP contribution in [0.4, 0.5) is 0 Å². The Bertz CT molecular complexity index is 348. The molecule has 2 rings (SSSR count). The number of nitrogens with one attached hydrogen (secondary N) is 1. The van der Waals surface area contributed by atoms with E-state index in [0.717, 1.165) is 18.4 Å². The highest BCUT2D eigenvalue weighted by Gasteiger charge is 2.22. The summed E-state index contributed by atoms with van der Waals surface area (Å²) in [5, 5.41) is 3.62. The highest BCUT2D eigenvalue weighted by Crippen LogP contribution is 2.39. The van der Waals surface area contributed by atoms with Crippen LogP contribution >= 0.6 is 0 Å². The van der Waals surface area contributed by atoms with Crippen molar-refractivity contribution >= 4 is 0 Å². The summed E-state index contributed by atoms with van der Waals surface area (Å²) < 4.78 is 0. The van der Waals surface area contributed by atoms with Gasteiger partial charge >= 0.3 is 0 Å². The van der Waals surface area contributed by atoms with Gasteiger partial charge in [-0.1, -0.05) is 38.1 Å². The van der Waals surface area contributed by atoms with Gasteiger partial charge in [-0.25, -0.2) is 0 Å². The predicted octanol–water partition coefficient (Wildman–Crippen LogP) is 4.48. The largest absolute Gasteiger partial charge is 0.310 e. The molecule has 0 spiro atoms. The predicted molar refractivity (Wildman–Crippen MR) is 78.8 cm³/mol. The third-order valence-electron chi connectivity index (χ3n) is 3.86. The minimum absolute atomic E-state index is 0.621. The van der Waals surface area contributed by atoms with Gasteiger partial charge < -0.3 is 5.32 Å². The van der Waals surface area contributed by atoms with Crippen molar-refractivity contribution in [3.63, 3.8) is 0 Å². The Morgan fingerprint density at radius 3 is 2.28 bits per heavy atom. The minimum atomic E-state index is 0.621. The summed E-state index contributed by atoms with van der Waals surface area (Å²) in [7, 11) is 0. The van der Waals surface area contributed by atoms with Crippen molar-refractivity contribution in [2.24, 2.45) is 5.92 Å². The van der Waals surface area contributed by atoms with E-state index in [1.807, 2.05) is 0 Å². The second kappa shape index (κ2) is 6.38. The average molecular weight is 245 g/mol. The molecule has 1 aliphatic rings. The Balaban J connectivity index is 1.72. The highest BCUT2D eigenvalue weighted by molar-refractivity contribution is 5.27. The molecular weight excluding hydrogens is 218 g/mol. The molecule has 0 bridgehead atoms. The lowest BCUT2D eigenvalue weighted by atomic mass is 10.0. The topological polar surface area (TPSA) is 12.0 Å². The third-order valence-corrected chi connectivity index (χ3v) is 3.86. The Labute approximate surface area is 112 Å². The van der Waals surface area contributed by atoms with Crippen LogP contribution in [0.2, 0.25) is 0 Å². The molecule has 1 nitrogen and oxygen atoms in total. The van der Waals surface area contributed by atoms with E-state index in [-0.39, 0.29) is 0 Å². The van der Waals surface area contributed by atoms with Crippen LogP contribution in [0.5, 0.6) is 0 Å². The Morgan fingerprint density at radius 2 is 1.72 bits per heavy atom. The second-order valence-corrected chi connectivity index (χ2v) is 6.27. The maximum atomic E-state index is 3.62. The summed E-state index contributed by atoms with van der Waals surface area (Å²) in [6.07, 6.45) is 5.38. The van der Waals surface area contributed by atoms with Crippen LogP contribution in [0.3, 0.4) is 0 Å². The van der Waals surface area contributed by atoms with Crippen LogP contribution in [0, 0.1) is 5.92 Å². The first-order chi connectivity index (χ1) is 8.65. The van der Waals surface area contributed by atoms with E-state index in [2.05, 4.69) is 50.4 Å². The van der Waals surface area contributed by atoms with Crippen LogP contribution in [0.15, 0.2) is 24.3 Å². The summed E-state index contributed by atoms with van der Waals surface area (Å²) in [4.78, 5) is 0. The van der Waals surface area contributed by atoms with Crippen LogP contribution in [0.25, 0.3) is 0 Å². The van der Waals surface area contributed by atoms with Crippen LogP contribution in [-0.4, -0.2) is 6.04 Å². The smallest absolute Gasteiger partial charge is 0.0207 e. The van der Waals surface area contributed by atoms with Gasteiger partial charge in [0.2, 0.25) is 0 Å². The molecule has 1 aliphatic carbocycles. The molecule has 1 aromatic carbocycles. The van der Waals surface area contributed by atoms with Crippen LogP contribution < -0.4 is 5.32 Å². The first-order valence-electron chi connectivity index (χ1n) is 7.47. The molecule has 1 unspecified atom stereocenters. The van der Waals surface area contributed by atoms with Crippen LogP contribution in [-0.2, 0) is 6.54 Å². The van der Waals surface area contributed by atoms with Gasteiger partial charge in [-0.15, -0.1) is 0 Å². The second-order valence-electron chi connectivity index (χ2n) is 6.27. The Kier molecular flexibility index (Phi) is 4.82. The molecule has 0 radical (unpaired) electrons. The number of hydrogen-bond donors (Lipinski definition) is 1. The minimum Gasteiger partial charge on any atom is -0.310 e. The van der Waals surface area contributed by atoms with Crippen molar-refractivity contribution in [3.05, 3.63) is 35.4 Å². The third kappa shape index (κ3) is 4.45. The average Bonchev–Trinajstić information content (AvgIpc) is 3.18. The Morgan fingerprint density at radius 1 is 1.06 bits per heavy atom. The van der Waals surface area contributed by atoms with Gasteiger partial charge in [-0.2, -0.15) is 0 Å². The van der Waals surface area contributed by atoms with Crippen molar-refractivity contribution in [1.82, 2.24) is 5.32 Å². The molecular formula is C17H27N. The molecule has 0 aromatic heterocycles. The van der Waals surface area contributed by atoms with Crippen molar-refractivity contribution in [3.8, 4) is 0 Å². The molecule has 0 saturated heterocycles. The normalized spacial score (nSPS) is 17.1. The molecule has 1 saturated carbocycles. The molecule has 0 amide bonds. The monoisotopic (exact) mass is 245 g/mol. The van der Waals surface area contributed by atoms with Crippen molar-refractivity contribution < 1.29 is 0 Å². The quantitative estimate of drug-likeness (QED) is 0.747. The van der Waals surface area contributed by atoms with Gasteiger partial charge in [0.15, 0.2) is 0 Å². The fourth-order valence-corrected chi connectivity index (χ4v) is 2.30. The van der Waals surface area contributed by atoms with E-state index in [1.54, 1.807) is 0 Å². The summed E-state index contributed by atoms with van der Waals surface area (Å²) in [6, 6.07) is 9.82.